The number of benzene rings is 1. The molecule has 1 N–H and O–H groups in total. The van der Waals surface area contributed by atoms with Crippen LogP contribution in [0.25, 0.3) is 0 Å². The van der Waals surface area contributed by atoms with Crippen LogP contribution in [0.3, 0.4) is 0 Å². The first-order valence-electron chi connectivity index (χ1n) is 10.7. The van der Waals surface area contributed by atoms with Crippen LogP contribution in [0.5, 0.6) is 5.88 Å². The van der Waals surface area contributed by atoms with Gasteiger partial charge in [-0.1, -0.05) is 49.0 Å². The van der Waals surface area contributed by atoms with Crippen LogP contribution in [0, 0.1) is 0 Å². The number of hydrogen-bond acceptors (Lipinski definition) is 7. The van der Waals surface area contributed by atoms with E-state index in [-0.39, 0.29) is 12.6 Å². The lowest BCUT2D eigenvalue weighted by molar-refractivity contribution is -0.139. The molecule has 0 unspecified atom stereocenters. The predicted molar refractivity (Wildman–Crippen MR) is 122 cm³/mol. The van der Waals surface area contributed by atoms with Crippen molar-refractivity contribution < 1.29 is 19.1 Å². The summed E-state index contributed by atoms with van der Waals surface area (Å²) in [6.07, 6.45) is 2.52. The minimum absolute atomic E-state index is 0.240. The van der Waals surface area contributed by atoms with Crippen LogP contribution in [0.2, 0.25) is 0 Å². The van der Waals surface area contributed by atoms with E-state index in [0.717, 1.165) is 12.0 Å². The van der Waals surface area contributed by atoms with E-state index in [4.69, 9.17) is 9.47 Å². The van der Waals surface area contributed by atoms with E-state index in [1.807, 2.05) is 44.2 Å². The number of ether oxygens (including phenoxy) is 2. The highest BCUT2D eigenvalue weighted by Crippen LogP contribution is 2.34. The number of aromatic nitrogens is 2. The first kappa shape index (κ1) is 23.6. The highest BCUT2D eigenvalue weighted by molar-refractivity contribution is 7.99. The average Bonchev–Trinajstić information content (AvgIpc) is 2.82. The van der Waals surface area contributed by atoms with Gasteiger partial charge in [-0.3, -0.25) is 4.90 Å². The number of nitrogens with one attached hydrogen (secondary N) is 1. The van der Waals surface area contributed by atoms with Crippen molar-refractivity contribution in [2.24, 2.45) is 0 Å². The van der Waals surface area contributed by atoms with Gasteiger partial charge in [-0.2, -0.15) is 4.98 Å². The van der Waals surface area contributed by atoms with Gasteiger partial charge in [-0.25, -0.2) is 14.6 Å². The summed E-state index contributed by atoms with van der Waals surface area (Å²) < 4.78 is 11.0. The zero-order valence-electron chi connectivity index (χ0n) is 18.5. The van der Waals surface area contributed by atoms with Gasteiger partial charge in [0.05, 0.1) is 24.8 Å². The fourth-order valence-electron chi connectivity index (χ4n) is 3.35. The lowest BCUT2D eigenvalue weighted by atomic mass is 9.95. The molecule has 0 fully saturated rings. The highest BCUT2D eigenvalue weighted by Gasteiger charge is 2.37. The second-order valence-corrected chi connectivity index (χ2v) is 7.88. The van der Waals surface area contributed by atoms with Crippen molar-refractivity contribution in [1.29, 1.82) is 0 Å². The van der Waals surface area contributed by atoms with Gasteiger partial charge in [0.2, 0.25) is 5.88 Å². The van der Waals surface area contributed by atoms with Gasteiger partial charge in [0, 0.05) is 30.3 Å². The van der Waals surface area contributed by atoms with Gasteiger partial charge in [0.1, 0.15) is 0 Å². The Hall–Kier alpha value is -3.07. The zero-order chi connectivity index (χ0) is 22.9. The summed E-state index contributed by atoms with van der Waals surface area (Å²) >= 11 is 1.34. The van der Waals surface area contributed by atoms with Crippen LogP contribution in [-0.2, 0) is 9.53 Å². The molecule has 1 aliphatic heterocycles. The van der Waals surface area contributed by atoms with Gasteiger partial charge < -0.3 is 14.8 Å². The maximum atomic E-state index is 13.0. The van der Waals surface area contributed by atoms with E-state index in [0.29, 0.717) is 41.2 Å². The maximum absolute atomic E-state index is 13.0. The first-order chi connectivity index (χ1) is 15.6. The van der Waals surface area contributed by atoms with Crippen LogP contribution in [0.15, 0.2) is 59.0 Å². The molecule has 2 heterocycles. The Labute approximate surface area is 192 Å². The molecule has 2 amide bonds. The number of urea groups is 1. The molecule has 0 radical (unpaired) electrons. The zero-order valence-corrected chi connectivity index (χ0v) is 19.4. The molecule has 8 nitrogen and oxygen atoms in total. The molecule has 0 spiro atoms. The maximum Gasteiger partial charge on any atom is 0.338 e. The summed E-state index contributed by atoms with van der Waals surface area (Å²) in [5.74, 6) is 0.381. The smallest absolute Gasteiger partial charge is 0.338 e. The van der Waals surface area contributed by atoms with Crippen molar-refractivity contribution >= 4 is 23.8 Å². The van der Waals surface area contributed by atoms with Crippen molar-refractivity contribution in [3.63, 3.8) is 0 Å². The molecule has 1 atom stereocenters. The summed E-state index contributed by atoms with van der Waals surface area (Å²) in [6, 6.07) is 10.3. The van der Waals surface area contributed by atoms with E-state index in [2.05, 4.69) is 15.3 Å². The summed E-state index contributed by atoms with van der Waals surface area (Å²) in [5, 5.41) is 3.46. The second kappa shape index (κ2) is 11.5. The quantitative estimate of drug-likeness (QED) is 0.328. The number of thioether (sulfide) groups is 1. The number of rotatable bonds is 10. The fourth-order valence-corrected chi connectivity index (χ4v) is 4.22. The van der Waals surface area contributed by atoms with Crippen molar-refractivity contribution in [2.45, 2.75) is 38.4 Å². The monoisotopic (exact) mass is 456 g/mol. The topological polar surface area (TPSA) is 93.7 Å². The average molecular weight is 457 g/mol. The summed E-state index contributed by atoms with van der Waals surface area (Å²) in [7, 11) is 0. The molecular formula is C23H28N4O4S. The SMILES string of the molecule is CCCOc1ccnc(SCC2=C(C(=O)OCC)[C@H](c3ccccc3)NC(=O)N2CC)n1. The number of nitrogens with zero attached hydrogens (tertiary/aromatic N) is 3. The molecule has 0 saturated heterocycles. The van der Waals surface area contributed by atoms with Gasteiger partial charge >= 0.3 is 12.0 Å². The third-order valence-corrected chi connectivity index (χ3v) is 5.66. The van der Waals surface area contributed by atoms with Gasteiger partial charge in [-0.15, -0.1) is 0 Å². The Morgan fingerprint density at radius 2 is 1.97 bits per heavy atom. The van der Waals surface area contributed by atoms with Crippen LogP contribution in [-0.4, -0.2) is 52.4 Å². The van der Waals surface area contributed by atoms with Crippen LogP contribution >= 0.6 is 11.8 Å². The molecule has 1 aromatic heterocycles. The standard InChI is InChI=1S/C23H28N4O4S/c1-4-14-31-18-12-13-24-22(25-18)32-15-17-19(21(28)30-6-3)20(16-10-8-7-9-11-16)26-23(29)27(17)5-2/h7-13,20H,4-6,14-15H2,1-3H3,(H,26,29)/t20-/m0/s1. The molecule has 2 aromatic rings. The van der Waals surface area contributed by atoms with Gasteiger partial charge in [-0.05, 0) is 25.8 Å². The Kier molecular flexibility index (Phi) is 8.49. The molecular weight excluding hydrogens is 428 g/mol. The largest absolute Gasteiger partial charge is 0.478 e. The molecule has 0 saturated carbocycles. The van der Waals surface area contributed by atoms with E-state index in [1.54, 1.807) is 24.1 Å². The number of amides is 2. The fraction of sp³-hybridized carbons (Fsp3) is 0.391. The number of carbonyl (C=O) groups is 2. The lowest BCUT2D eigenvalue weighted by Crippen LogP contribution is -2.49. The number of carbonyl (C=O) groups excluding carboxylic acids is 2. The molecule has 1 aliphatic rings. The van der Waals surface area contributed by atoms with Gasteiger partial charge in [0.25, 0.3) is 0 Å². The van der Waals surface area contributed by atoms with Gasteiger partial charge in [0.15, 0.2) is 5.16 Å². The third kappa shape index (κ3) is 5.59. The van der Waals surface area contributed by atoms with Crippen molar-refractivity contribution in [1.82, 2.24) is 20.2 Å². The predicted octanol–water partition coefficient (Wildman–Crippen LogP) is 3.96. The van der Waals surface area contributed by atoms with Crippen molar-refractivity contribution in [2.75, 3.05) is 25.5 Å². The molecule has 0 aliphatic carbocycles. The Morgan fingerprint density at radius 1 is 1.19 bits per heavy atom. The highest BCUT2D eigenvalue weighted by atomic mass is 32.2. The van der Waals surface area contributed by atoms with Crippen molar-refractivity contribution in [3.05, 3.63) is 59.4 Å². The molecule has 0 bridgehead atoms. The summed E-state index contributed by atoms with van der Waals surface area (Å²) in [5.41, 5.74) is 1.83. The van der Waals surface area contributed by atoms with Crippen LogP contribution in [0.4, 0.5) is 4.79 Å². The Bertz CT molecular complexity index is 967. The summed E-state index contributed by atoms with van der Waals surface area (Å²) in [6.45, 7) is 6.88. The summed E-state index contributed by atoms with van der Waals surface area (Å²) in [4.78, 5) is 36.2. The first-order valence-corrected chi connectivity index (χ1v) is 11.7. The molecule has 32 heavy (non-hydrogen) atoms. The van der Waals surface area contributed by atoms with Crippen LogP contribution in [0.1, 0.15) is 38.8 Å². The third-order valence-electron chi connectivity index (χ3n) is 4.78. The molecule has 9 heteroatoms. The minimum atomic E-state index is -0.596. The Morgan fingerprint density at radius 3 is 2.66 bits per heavy atom. The van der Waals surface area contributed by atoms with E-state index >= 15 is 0 Å². The molecule has 170 valence electrons. The molecule has 3 rings (SSSR count). The normalized spacial score (nSPS) is 16.0. The second-order valence-electron chi connectivity index (χ2n) is 6.93. The van der Waals surface area contributed by atoms with E-state index in [9.17, 15) is 9.59 Å². The number of hydrogen-bond donors (Lipinski definition) is 1. The molecule has 1 aromatic carbocycles. The van der Waals surface area contributed by atoms with E-state index in [1.165, 1.54) is 11.8 Å². The minimum Gasteiger partial charge on any atom is -0.478 e. The van der Waals surface area contributed by atoms with Crippen LogP contribution < -0.4 is 10.1 Å². The Balaban J connectivity index is 1.97. The lowest BCUT2D eigenvalue weighted by Gasteiger charge is -2.36. The van der Waals surface area contributed by atoms with E-state index < -0.39 is 12.0 Å². The van der Waals surface area contributed by atoms with Crippen molar-refractivity contribution in [3.8, 4) is 5.88 Å². The number of esters is 1.